The fourth-order valence-electron chi connectivity index (χ4n) is 6.67. The second-order valence-corrected chi connectivity index (χ2v) is 10.7. The van der Waals surface area contributed by atoms with E-state index in [1.54, 1.807) is 0 Å². The molecule has 33 heavy (non-hydrogen) atoms. The first-order valence-electron chi connectivity index (χ1n) is 13.5. The van der Waals surface area contributed by atoms with Crippen molar-refractivity contribution < 1.29 is 9.53 Å². The van der Waals surface area contributed by atoms with Crippen molar-refractivity contribution >= 4 is 23.7 Å². The molecule has 0 unspecified atom stereocenters. The topological polar surface area (TPSA) is 45.1 Å². The predicted molar refractivity (Wildman–Crippen MR) is 132 cm³/mol. The minimum absolute atomic E-state index is 0.0180. The van der Waals surface area contributed by atoms with Crippen LogP contribution in [0, 0.1) is 0 Å². The molecular formula is C28H37N3O2. The molecule has 1 amide bonds. The summed E-state index contributed by atoms with van der Waals surface area (Å²) in [6, 6.07) is 5.70. The van der Waals surface area contributed by atoms with Crippen molar-refractivity contribution in [3.8, 4) is 0 Å². The number of ether oxygens (including phenoxy) is 1. The molecule has 5 heteroatoms. The van der Waals surface area contributed by atoms with Gasteiger partial charge < -0.3 is 9.64 Å². The van der Waals surface area contributed by atoms with E-state index in [9.17, 15) is 4.79 Å². The van der Waals surface area contributed by atoms with Crippen LogP contribution < -0.4 is 4.90 Å². The van der Waals surface area contributed by atoms with Crippen LogP contribution in [0.25, 0.3) is 6.08 Å². The molecule has 0 spiro atoms. The summed E-state index contributed by atoms with van der Waals surface area (Å²) >= 11 is 0. The SMILES string of the molecule is O=C1/C(=C\c2cc3c4c(c2)CCCN4CCC3)OC(=NC2CCCCC2)N1C1CCCCC1. The van der Waals surface area contributed by atoms with Crippen LogP contribution in [0.1, 0.15) is 93.7 Å². The summed E-state index contributed by atoms with van der Waals surface area (Å²) in [6.07, 6.45) is 18.5. The van der Waals surface area contributed by atoms with Gasteiger partial charge in [-0.3, -0.25) is 9.69 Å². The number of anilines is 1. The Kier molecular flexibility index (Phi) is 5.89. The Labute approximate surface area is 197 Å². The highest BCUT2D eigenvalue weighted by Crippen LogP contribution is 2.37. The lowest BCUT2D eigenvalue weighted by Crippen LogP contribution is -2.41. The minimum atomic E-state index is 0.0180. The Morgan fingerprint density at radius 2 is 1.48 bits per heavy atom. The van der Waals surface area contributed by atoms with E-state index in [4.69, 9.17) is 9.73 Å². The van der Waals surface area contributed by atoms with Crippen molar-refractivity contribution in [3.63, 3.8) is 0 Å². The number of nitrogens with zero attached hydrogens (tertiary/aromatic N) is 3. The van der Waals surface area contributed by atoms with Gasteiger partial charge in [-0.15, -0.1) is 0 Å². The van der Waals surface area contributed by atoms with Crippen molar-refractivity contribution in [1.82, 2.24) is 4.90 Å². The second-order valence-electron chi connectivity index (χ2n) is 10.7. The van der Waals surface area contributed by atoms with Crippen molar-refractivity contribution in [2.24, 2.45) is 4.99 Å². The molecule has 3 fully saturated rings. The minimum Gasteiger partial charge on any atom is -0.420 e. The van der Waals surface area contributed by atoms with E-state index in [1.165, 1.54) is 81.3 Å². The maximum Gasteiger partial charge on any atom is 0.300 e. The third-order valence-electron chi connectivity index (χ3n) is 8.30. The number of aliphatic imine (C=N–C) groups is 1. The van der Waals surface area contributed by atoms with Gasteiger partial charge >= 0.3 is 6.02 Å². The normalized spacial score (nSPS) is 26.7. The first-order valence-corrected chi connectivity index (χ1v) is 13.5. The standard InChI is InChI=1S/C28H37N3O2/c32-27-25(19-20-17-21-9-7-15-30-16-8-10-22(18-20)26(21)30)33-28(29-23-11-3-1-4-12-23)31(27)24-13-5-2-6-14-24/h17-19,23-24H,1-16H2/b25-19+,29-28?. The Morgan fingerprint density at radius 3 is 2.15 bits per heavy atom. The van der Waals surface area contributed by atoms with E-state index in [0.717, 1.165) is 44.1 Å². The van der Waals surface area contributed by atoms with Crippen molar-refractivity contribution in [2.75, 3.05) is 18.0 Å². The summed E-state index contributed by atoms with van der Waals surface area (Å²) in [5.74, 6) is 0.482. The van der Waals surface area contributed by atoms with Crippen LogP contribution in [0.3, 0.4) is 0 Å². The number of rotatable bonds is 3. The Hall–Kier alpha value is -2.30. The number of hydrogen-bond acceptors (Lipinski definition) is 4. The number of amides is 1. The molecule has 6 rings (SSSR count). The maximum absolute atomic E-state index is 13.6. The lowest BCUT2D eigenvalue weighted by Gasteiger charge is -2.37. The third kappa shape index (κ3) is 4.20. The summed E-state index contributed by atoms with van der Waals surface area (Å²) in [5, 5.41) is 0. The van der Waals surface area contributed by atoms with E-state index in [-0.39, 0.29) is 11.9 Å². The average molecular weight is 448 g/mol. The summed E-state index contributed by atoms with van der Waals surface area (Å²) in [4.78, 5) is 23.1. The van der Waals surface area contributed by atoms with Gasteiger partial charge in [0.15, 0.2) is 5.76 Å². The number of hydrogen-bond donors (Lipinski definition) is 0. The van der Waals surface area contributed by atoms with Gasteiger partial charge in [0.05, 0.1) is 6.04 Å². The molecule has 1 aromatic rings. The summed E-state index contributed by atoms with van der Waals surface area (Å²) in [7, 11) is 0. The van der Waals surface area contributed by atoms with E-state index >= 15 is 0 Å². The Morgan fingerprint density at radius 1 is 0.848 bits per heavy atom. The zero-order valence-electron chi connectivity index (χ0n) is 19.9. The van der Waals surface area contributed by atoms with Gasteiger partial charge in [0, 0.05) is 24.8 Å². The number of aryl methyl sites for hydroxylation is 2. The molecular weight excluding hydrogens is 410 g/mol. The smallest absolute Gasteiger partial charge is 0.300 e. The van der Waals surface area contributed by atoms with E-state index < -0.39 is 0 Å². The second kappa shape index (κ2) is 9.15. The van der Waals surface area contributed by atoms with Crippen LogP contribution in [0.5, 0.6) is 0 Å². The van der Waals surface area contributed by atoms with Crippen molar-refractivity contribution in [1.29, 1.82) is 0 Å². The molecule has 3 heterocycles. The Balaban J connectivity index is 1.33. The average Bonchev–Trinajstić information content (AvgIpc) is 3.15. The molecule has 5 nitrogen and oxygen atoms in total. The lowest BCUT2D eigenvalue weighted by atomic mass is 9.90. The summed E-state index contributed by atoms with van der Waals surface area (Å²) in [6.45, 7) is 2.36. The van der Waals surface area contributed by atoms with Crippen LogP contribution >= 0.6 is 0 Å². The fraction of sp³-hybridized carbons (Fsp3) is 0.643. The highest BCUT2D eigenvalue weighted by atomic mass is 16.5. The largest absolute Gasteiger partial charge is 0.420 e. The van der Waals surface area contributed by atoms with Crippen molar-refractivity contribution in [3.05, 3.63) is 34.6 Å². The molecule has 0 bridgehead atoms. The molecule has 1 saturated heterocycles. The van der Waals surface area contributed by atoms with E-state index in [0.29, 0.717) is 17.8 Å². The first kappa shape index (κ1) is 21.2. The Bertz CT molecular complexity index is 938. The molecule has 0 aromatic heterocycles. The molecule has 5 aliphatic rings. The van der Waals surface area contributed by atoms with E-state index in [1.807, 2.05) is 11.0 Å². The fourth-order valence-corrected chi connectivity index (χ4v) is 6.67. The summed E-state index contributed by atoms with van der Waals surface area (Å²) < 4.78 is 6.28. The van der Waals surface area contributed by atoms with Gasteiger partial charge in [0.1, 0.15) is 0 Å². The number of carbonyl (C=O) groups excluding carboxylic acids is 1. The lowest BCUT2D eigenvalue weighted by molar-refractivity contribution is -0.124. The highest BCUT2D eigenvalue weighted by molar-refractivity contribution is 6.11. The quantitative estimate of drug-likeness (QED) is 0.566. The van der Waals surface area contributed by atoms with Gasteiger partial charge in [0.25, 0.3) is 5.91 Å². The first-order chi connectivity index (χ1) is 16.3. The van der Waals surface area contributed by atoms with Gasteiger partial charge in [-0.2, -0.15) is 0 Å². The molecule has 1 aromatic carbocycles. The van der Waals surface area contributed by atoms with Gasteiger partial charge in [-0.1, -0.05) is 38.5 Å². The van der Waals surface area contributed by atoms with Gasteiger partial charge in [-0.25, -0.2) is 4.99 Å². The van der Waals surface area contributed by atoms with E-state index in [2.05, 4.69) is 17.0 Å². The number of benzene rings is 1. The van der Waals surface area contributed by atoms with Crippen LogP contribution in [-0.4, -0.2) is 42.0 Å². The molecule has 3 aliphatic heterocycles. The maximum atomic E-state index is 13.6. The van der Waals surface area contributed by atoms with Crippen LogP contribution in [0.2, 0.25) is 0 Å². The van der Waals surface area contributed by atoms with Crippen LogP contribution in [0.4, 0.5) is 5.69 Å². The molecule has 0 N–H and O–H groups in total. The number of amidine groups is 1. The van der Waals surface area contributed by atoms with Gasteiger partial charge in [0.2, 0.25) is 0 Å². The monoisotopic (exact) mass is 447 g/mol. The zero-order chi connectivity index (χ0) is 22.2. The molecule has 0 radical (unpaired) electrons. The molecule has 176 valence electrons. The van der Waals surface area contributed by atoms with Gasteiger partial charge in [-0.05, 0) is 86.3 Å². The predicted octanol–water partition coefficient (Wildman–Crippen LogP) is 5.61. The summed E-state index contributed by atoms with van der Waals surface area (Å²) in [5.41, 5.74) is 5.46. The zero-order valence-corrected chi connectivity index (χ0v) is 19.9. The molecule has 0 atom stereocenters. The molecule has 2 saturated carbocycles. The van der Waals surface area contributed by atoms with Crippen LogP contribution in [-0.2, 0) is 22.4 Å². The molecule has 2 aliphatic carbocycles. The third-order valence-corrected chi connectivity index (χ3v) is 8.30. The highest BCUT2D eigenvalue weighted by Gasteiger charge is 2.40. The number of carbonyl (C=O) groups is 1. The van der Waals surface area contributed by atoms with Crippen molar-refractivity contribution in [2.45, 2.75) is 102 Å². The van der Waals surface area contributed by atoms with Crippen LogP contribution in [0.15, 0.2) is 22.9 Å².